The molecular formula is C29H23Cl2N5O2. The highest BCUT2D eigenvalue weighted by atomic mass is 35.5. The highest BCUT2D eigenvalue weighted by Crippen LogP contribution is 2.35. The van der Waals surface area contributed by atoms with E-state index in [0.717, 1.165) is 22.5 Å². The molecule has 7 nitrogen and oxygen atoms in total. The molecule has 5 rings (SSSR count). The number of hydrogen-bond donors (Lipinski definition) is 0. The van der Waals surface area contributed by atoms with Gasteiger partial charge in [-0.2, -0.15) is 15.2 Å². The zero-order valence-corrected chi connectivity index (χ0v) is 22.3. The second kappa shape index (κ2) is 11.1. The Kier molecular flexibility index (Phi) is 7.45. The molecule has 0 N–H and O–H groups in total. The Balaban J connectivity index is 1.63. The molecule has 190 valence electrons. The van der Waals surface area contributed by atoms with Crippen molar-refractivity contribution in [1.82, 2.24) is 19.5 Å². The van der Waals surface area contributed by atoms with Gasteiger partial charge in [-0.15, -0.1) is 11.6 Å². The van der Waals surface area contributed by atoms with Crippen molar-refractivity contribution in [3.05, 3.63) is 99.8 Å². The van der Waals surface area contributed by atoms with Crippen LogP contribution in [0.15, 0.2) is 66.7 Å². The Morgan fingerprint density at radius 2 is 1.74 bits per heavy atom. The van der Waals surface area contributed by atoms with Crippen LogP contribution in [0.4, 0.5) is 0 Å². The maximum atomic E-state index is 9.34. The molecule has 0 aliphatic heterocycles. The van der Waals surface area contributed by atoms with E-state index < -0.39 is 0 Å². The summed E-state index contributed by atoms with van der Waals surface area (Å²) >= 11 is 12.3. The maximum Gasteiger partial charge on any atom is 0.327 e. The number of benzene rings is 3. The fourth-order valence-corrected chi connectivity index (χ4v) is 4.51. The molecule has 0 radical (unpaired) electrons. The highest BCUT2D eigenvalue weighted by Gasteiger charge is 2.20. The first-order valence-electron chi connectivity index (χ1n) is 11.9. The van der Waals surface area contributed by atoms with Gasteiger partial charge in [-0.25, -0.2) is 4.98 Å². The van der Waals surface area contributed by atoms with Crippen LogP contribution in [0.2, 0.25) is 5.02 Å². The molecule has 9 heteroatoms. The van der Waals surface area contributed by atoms with Crippen molar-refractivity contribution in [3.8, 4) is 29.5 Å². The fourth-order valence-electron chi connectivity index (χ4n) is 4.14. The summed E-state index contributed by atoms with van der Waals surface area (Å²) in [4.78, 5) is 14.0. The fraction of sp³-hybridized carbons (Fsp3) is 0.172. The molecule has 0 saturated carbocycles. The van der Waals surface area contributed by atoms with E-state index >= 15 is 0 Å². The summed E-state index contributed by atoms with van der Waals surface area (Å²) in [6.45, 7) is 4.44. The average molecular weight is 544 g/mol. The van der Waals surface area contributed by atoms with Gasteiger partial charge in [-0.1, -0.05) is 48.0 Å². The van der Waals surface area contributed by atoms with Crippen LogP contribution < -0.4 is 9.47 Å². The molecule has 2 aromatic heterocycles. The van der Waals surface area contributed by atoms with Crippen molar-refractivity contribution >= 4 is 34.4 Å². The van der Waals surface area contributed by atoms with Crippen LogP contribution in [0.25, 0.3) is 11.2 Å². The zero-order chi connectivity index (χ0) is 26.6. The van der Waals surface area contributed by atoms with Gasteiger partial charge in [0.15, 0.2) is 11.2 Å². The molecule has 38 heavy (non-hydrogen) atoms. The van der Waals surface area contributed by atoms with Crippen LogP contribution in [0.1, 0.15) is 28.1 Å². The molecule has 0 saturated heterocycles. The van der Waals surface area contributed by atoms with Gasteiger partial charge in [0.05, 0.1) is 23.2 Å². The Labute approximate surface area is 230 Å². The number of fused-ring (bicyclic) bond motifs is 1. The monoisotopic (exact) mass is 543 g/mol. The number of nitriles is 1. The summed E-state index contributed by atoms with van der Waals surface area (Å²) < 4.78 is 14.3. The molecule has 5 aromatic rings. The van der Waals surface area contributed by atoms with Crippen molar-refractivity contribution in [2.75, 3.05) is 5.88 Å². The second-order valence-electron chi connectivity index (χ2n) is 8.77. The van der Waals surface area contributed by atoms with Crippen molar-refractivity contribution in [3.63, 3.8) is 0 Å². The molecule has 0 unspecified atom stereocenters. The Bertz CT molecular complexity index is 1660. The lowest BCUT2D eigenvalue weighted by molar-refractivity contribution is 0.415. The average Bonchev–Trinajstić information content (AvgIpc) is 3.21. The topological polar surface area (TPSA) is 85.9 Å². The normalized spacial score (nSPS) is 10.9. The molecule has 0 amide bonds. The molecule has 3 aromatic carbocycles. The van der Waals surface area contributed by atoms with Crippen LogP contribution in [0.5, 0.6) is 23.4 Å². The number of rotatable bonds is 8. The largest absolute Gasteiger partial charge is 0.435 e. The van der Waals surface area contributed by atoms with E-state index in [2.05, 4.69) is 17.1 Å². The smallest absolute Gasteiger partial charge is 0.327 e. The SMILES string of the molecule is Cc1cc(CCCl)cc(Oc2nc(Oc3cc(C#N)ccc3Cl)c3nc(C)n(Cc4ccccc4)c3n2)c1. The Hall–Kier alpha value is -4.12. The zero-order valence-electron chi connectivity index (χ0n) is 20.8. The molecule has 0 aliphatic carbocycles. The highest BCUT2D eigenvalue weighted by molar-refractivity contribution is 6.32. The van der Waals surface area contributed by atoms with Gasteiger partial charge in [0, 0.05) is 11.9 Å². The van der Waals surface area contributed by atoms with E-state index in [1.165, 1.54) is 0 Å². The minimum absolute atomic E-state index is 0.0942. The van der Waals surface area contributed by atoms with Gasteiger partial charge in [-0.3, -0.25) is 0 Å². The van der Waals surface area contributed by atoms with Crippen LogP contribution in [0.3, 0.4) is 0 Å². The number of ether oxygens (including phenoxy) is 2. The van der Waals surface area contributed by atoms with E-state index in [4.69, 9.17) is 42.6 Å². The van der Waals surface area contributed by atoms with E-state index in [1.807, 2.05) is 60.9 Å². The van der Waals surface area contributed by atoms with Crippen molar-refractivity contribution < 1.29 is 9.47 Å². The van der Waals surface area contributed by atoms with Crippen LogP contribution in [0, 0.1) is 25.2 Å². The number of imidazole rings is 1. The number of aromatic nitrogens is 4. The Morgan fingerprint density at radius 3 is 2.50 bits per heavy atom. The lowest BCUT2D eigenvalue weighted by Gasteiger charge is -2.12. The summed E-state index contributed by atoms with van der Waals surface area (Å²) in [6, 6.07) is 22.9. The number of alkyl halides is 1. The third-order valence-corrected chi connectivity index (χ3v) is 6.39. The molecule has 0 spiro atoms. The lowest BCUT2D eigenvalue weighted by Crippen LogP contribution is -2.04. The first-order chi connectivity index (χ1) is 18.4. The number of hydrogen-bond acceptors (Lipinski definition) is 6. The number of aryl methyl sites for hydroxylation is 3. The predicted molar refractivity (Wildman–Crippen MR) is 148 cm³/mol. The molecule has 2 heterocycles. The number of nitrogens with zero attached hydrogens (tertiary/aromatic N) is 5. The molecule has 0 aliphatic rings. The van der Waals surface area contributed by atoms with Gasteiger partial charge >= 0.3 is 6.01 Å². The van der Waals surface area contributed by atoms with Crippen LogP contribution in [-0.4, -0.2) is 25.4 Å². The van der Waals surface area contributed by atoms with E-state index in [0.29, 0.717) is 46.3 Å². The molecular weight excluding hydrogens is 521 g/mol. The molecule has 0 bridgehead atoms. The first kappa shape index (κ1) is 25.5. The Morgan fingerprint density at radius 1 is 0.921 bits per heavy atom. The third kappa shape index (κ3) is 5.57. The van der Waals surface area contributed by atoms with E-state index in [1.54, 1.807) is 18.2 Å². The summed E-state index contributed by atoms with van der Waals surface area (Å²) in [5, 5.41) is 9.68. The second-order valence-corrected chi connectivity index (χ2v) is 9.55. The number of halogens is 2. The van der Waals surface area contributed by atoms with Crippen molar-refractivity contribution in [2.45, 2.75) is 26.8 Å². The molecule has 0 atom stereocenters. The van der Waals surface area contributed by atoms with E-state index in [9.17, 15) is 5.26 Å². The maximum absolute atomic E-state index is 9.34. The standard InChI is InChI=1S/C29H23Cl2N5O2/c1-18-12-21(10-11-30)14-23(13-18)37-29-34-27-26(33-19(2)36(27)17-20-6-4-3-5-7-20)28(35-29)38-25-15-22(16-32)8-9-24(25)31/h3-9,12-15H,10-11,17H2,1-2H3. The van der Waals surface area contributed by atoms with Gasteiger partial charge < -0.3 is 14.0 Å². The minimum Gasteiger partial charge on any atom is -0.435 e. The van der Waals surface area contributed by atoms with Crippen LogP contribution in [-0.2, 0) is 13.0 Å². The summed E-state index contributed by atoms with van der Waals surface area (Å²) in [5.41, 5.74) is 4.59. The first-order valence-corrected chi connectivity index (χ1v) is 12.9. The predicted octanol–water partition coefficient (Wildman–Crippen LogP) is 7.38. The van der Waals surface area contributed by atoms with E-state index in [-0.39, 0.29) is 17.6 Å². The third-order valence-electron chi connectivity index (χ3n) is 5.89. The van der Waals surface area contributed by atoms with Crippen LogP contribution >= 0.6 is 23.2 Å². The van der Waals surface area contributed by atoms with Gasteiger partial charge in [0.1, 0.15) is 17.3 Å². The van der Waals surface area contributed by atoms with Crippen molar-refractivity contribution in [1.29, 1.82) is 5.26 Å². The van der Waals surface area contributed by atoms with Gasteiger partial charge in [-0.05, 0) is 61.2 Å². The summed E-state index contributed by atoms with van der Waals surface area (Å²) in [5.74, 6) is 2.28. The lowest BCUT2D eigenvalue weighted by atomic mass is 10.1. The minimum atomic E-state index is 0.0942. The quantitative estimate of drug-likeness (QED) is 0.190. The molecule has 0 fully saturated rings. The van der Waals surface area contributed by atoms with Gasteiger partial charge in [0.2, 0.25) is 0 Å². The summed E-state index contributed by atoms with van der Waals surface area (Å²) in [7, 11) is 0. The van der Waals surface area contributed by atoms with Crippen molar-refractivity contribution in [2.24, 2.45) is 0 Å². The van der Waals surface area contributed by atoms with Gasteiger partial charge in [0.25, 0.3) is 5.88 Å². The summed E-state index contributed by atoms with van der Waals surface area (Å²) in [6.07, 6.45) is 0.713.